The Balaban J connectivity index is 2.51. The highest BCUT2D eigenvalue weighted by Gasteiger charge is 2.18. The maximum absolute atomic E-state index is 13.1. The average molecular weight is 297 g/mol. The van der Waals surface area contributed by atoms with E-state index in [-0.39, 0.29) is 23.7 Å². The van der Waals surface area contributed by atoms with E-state index in [9.17, 15) is 9.18 Å². The van der Waals surface area contributed by atoms with Gasteiger partial charge in [0, 0.05) is 12.2 Å². The second-order valence-corrected chi connectivity index (χ2v) is 5.30. The third-order valence-electron chi connectivity index (χ3n) is 3.20. The molecule has 0 aliphatic rings. The molecule has 3 N–H and O–H groups in total. The topological polar surface area (TPSA) is 67.6 Å². The minimum Gasteiger partial charge on any atom is -0.396 e. The molecule has 1 unspecified atom stereocenters. The van der Waals surface area contributed by atoms with Crippen molar-refractivity contribution >= 4 is 17.3 Å². The molecule has 1 rings (SSSR count). The van der Waals surface area contributed by atoms with Gasteiger partial charge in [-0.1, -0.05) is 0 Å². The summed E-state index contributed by atoms with van der Waals surface area (Å²) in [5.74, 6) is -0.669. The van der Waals surface area contributed by atoms with Gasteiger partial charge in [0.25, 0.3) is 0 Å². The maximum atomic E-state index is 13.1. The number of anilines is 2. The van der Waals surface area contributed by atoms with E-state index in [1.165, 1.54) is 18.2 Å². The Kier molecular flexibility index (Phi) is 6.58. The van der Waals surface area contributed by atoms with E-state index in [1.54, 1.807) is 6.92 Å². The van der Waals surface area contributed by atoms with Crippen LogP contribution in [0.4, 0.5) is 15.8 Å². The lowest BCUT2D eigenvalue weighted by Crippen LogP contribution is -2.41. The van der Waals surface area contributed by atoms with Crippen LogP contribution in [0.1, 0.15) is 20.8 Å². The molecule has 0 aromatic heterocycles. The Hall–Kier alpha value is -1.66. The van der Waals surface area contributed by atoms with Crippen molar-refractivity contribution in [2.45, 2.75) is 32.9 Å². The zero-order chi connectivity index (χ0) is 16.0. The van der Waals surface area contributed by atoms with Crippen molar-refractivity contribution in [1.82, 2.24) is 4.90 Å². The van der Waals surface area contributed by atoms with Crippen molar-refractivity contribution in [3.05, 3.63) is 24.0 Å². The Morgan fingerprint density at radius 1 is 1.43 bits per heavy atom. The zero-order valence-corrected chi connectivity index (χ0v) is 13.0. The first-order chi connectivity index (χ1) is 9.81. The van der Waals surface area contributed by atoms with Crippen LogP contribution in [0.15, 0.2) is 18.2 Å². The number of likely N-dealkylation sites (N-methyl/N-ethyl adjacent to an activating group) is 1. The third kappa shape index (κ3) is 5.69. The van der Waals surface area contributed by atoms with Crippen LogP contribution in [0, 0.1) is 5.82 Å². The van der Waals surface area contributed by atoms with Gasteiger partial charge in [-0.3, -0.25) is 9.69 Å². The lowest BCUT2D eigenvalue weighted by atomic mass is 10.2. The molecule has 0 aliphatic carbocycles. The quantitative estimate of drug-likeness (QED) is 0.756. The standard InChI is InChI=1S/C15H24FN3O2/c1-10(2)21-8-7-19(4)11(3)15(20)18-12-5-6-13(16)14(17)9-12/h5-6,9-11H,7-8,17H2,1-4H3,(H,18,20). The molecule has 6 heteroatoms. The Morgan fingerprint density at radius 2 is 2.10 bits per heavy atom. The van der Waals surface area contributed by atoms with Crippen molar-refractivity contribution in [1.29, 1.82) is 0 Å². The van der Waals surface area contributed by atoms with Crippen molar-refractivity contribution in [3.63, 3.8) is 0 Å². The Labute approximate surface area is 125 Å². The SMILES string of the molecule is CC(C)OCCN(C)C(C)C(=O)Nc1ccc(F)c(N)c1. The number of carbonyl (C=O) groups is 1. The number of hydrogen-bond donors (Lipinski definition) is 2. The van der Waals surface area contributed by atoms with Gasteiger partial charge in [-0.25, -0.2) is 4.39 Å². The molecule has 0 saturated carbocycles. The van der Waals surface area contributed by atoms with Crippen LogP contribution < -0.4 is 11.1 Å². The van der Waals surface area contributed by atoms with Crippen molar-refractivity contribution < 1.29 is 13.9 Å². The number of nitrogens with one attached hydrogen (secondary N) is 1. The van der Waals surface area contributed by atoms with E-state index >= 15 is 0 Å². The number of ether oxygens (including phenoxy) is 1. The molecule has 0 aliphatic heterocycles. The highest BCUT2D eigenvalue weighted by atomic mass is 19.1. The van der Waals surface area contributed by atoms with E-state index in [0.717, 1.165) is 0 Å². The van der Waals surface area contributed by atoms with Gasteiger partial charge < -0.3 is 15.8 Å². The molecule has 0 spiro atoms. The van der Waals surface area contributed by atoms with Gasteiger partial charge in [-0.15, -0.1) is 0 Å². The fourth-order valence-electron chi connectivity index (χ4n) is 1.69. The summed E-state index contributed by atoms with van der Waals surface area (Å²) in [4.78, 5) is 14.0. The van der Waals surface area contributed by atoms with Crippen LogP contribution >= 0.6 is 0 Å². The number of hydrogen-bond acceptors (Lipinski definition) is 4. The molecule has 118 valence electrons. The highest BCUT2D eigenvalue weighted by Crippen LogP contribution is 2.16. The van der Waals surface area contributed by atoms with Gasteiger partial charge in [0.1, 0.15) is 5.82 Å². The summed E-state index contributed by atoms with van der Waals surface area (Å²) in [5, 5.41) is 2.72. The first-order valence-corrected chi connectivity index (χ1v) is 6.99. The summed E-state index contributed by atoms with van der Waals surface area (Å²) >= 11 is 0. The van der Waals surface area contributed by atoms with Crippen LogP contribution in [0.2, 0.25) is 0 Å². The number of carbonyl (C=O) groups excluding carboxylic acids is 1. The summed E-state index contributed by atoms with van der Waals surface area (Å²) in [6.07, 6.45) is 0.171. The van der Waals surface area contributed by atoms with Gasteiger partial charge >= 0.3 is 0 Å². The maximum Gasteiger partial charge on any atom is 0.241 e. The Bertz CT molecular complexity index is 480. The predicted octanol–water partition coefficient (Wildman–Crippen LogP) is 2.09. The second kappa shape index (κ2) is 7.95. The number of halogens is 1. The smallest absolute Gasteiger partial charge is 0.241 e. The molecule has 5 nitrogen and oxygen atoms in total. The van der Waals surface area contributed by atoms with Crippen molar-refractivity contribution in [2.75, 3.05) is 31.2 Å². The van der Waals surface area contributed by atoms with E-state index in [0.29, 0.717) is 18.8 Å². The fraction of sp³-hybridized carbons (Fsp3) is 0.533. The molecule has 1 aromatic carbocycles. The third-order valence-corrected chi connectivity index (χ3v) is 3.20. The van der Waals surface area contributed by atoms with E-state index in [1.807, 2.05) is 25.8 Å². The summed E-state index contributed by atoms with van der Waals surface area (Å²) in [6.45, 7) is 6.95. The summed E-state index contributed by atoms with van der Waals surface area (Å²) < 4.78 is 18.5. The molecule has 0 fully saturated rings. The van der Waals surface area contributed by atoms with Gasteiger partial charge in [0.15, 0.2) is 0 Å². The molecule has 0 radical (unpaired) electrons. The molecule has 1 amide bonds. The number of nitrogen functional groups attached to an aromatic ring is 1. The van der Waals surface area contributed by atoms with E-state index < -0.39 is 5.82 Å². The van der Waals surface area contributed by atoms with Gasteiger partial charge in [-0.2, -0.15) is 0 Å². The largest absolute Gasteiger partial charge is 0.396 e. The number of nitrogens with two attached hydrogens (primary N) is 1. The first-order valence-electron chi connectivity index (χ1n) is 6.99. The lowest BCUT2D eigenvalue weighted by Gasteiger charge is -2.24. The second-order valence-electron chi connectivity index (χ2n) is 5.30. The van der Waals surface area contributed by atoms with Crippen molar-refractivity contribution in [3.8, 4) is 0 Å². The molecule has 0 heterocycles. The van der Waals surface area contributed by atoms with Crippen LogP contribution in [0.3, 0.4) is 0 Å². The average Bonchev–Trinajstić information content (AvgIpc) is 2.41. The summed E-state index contributed by atoms with van der Waals surface area (Å²) in [5.41, 5.74) is 5.97. The fourth-order valence-corrected chi connectivity index (χ4v) is 1.69. The predicted molar refractivity (Wildman–Crippen MR) is 82.6 cm³/mol. The van der Waals surface area contributed by atoms with Crippen LogP contribution in [0.25, 0.3) is 0 Å². The number of amides is 1. The minimum absolute atomic E-state index is 0.0131. The van der Waals surface area contributed by atoms with Crippen LogP contribution in [0.5, 0.6) is 0 Å². The number of benzene rings is 1. The van der Waals surface area contributed by atoms with Crippen molar-refractivity contribution in [2.24, 2.45) is 0 Å². The first kappa shape index (κ1) is 17.4. The molecule has 21 heavy (non-hydrogen) atoms. The normalized spacial score (nSPS) is 12.7. The highest BCUT2D eigenvalue weighted by molar-refractivity contribution is 5.94. The number of rotatable bonds is 7. The minimum atomic E-state index is -0.496. The van der Waals surface area contributed by atoms with Crippen LogP contribution in [-0.2, 0) is 9.53 Å². The summed E-state index contributed by atoms with van der Waals surface area (Å²) in [6, 6.07) is 3.79. The van der Waals surface area contributed by atoms with E-state index in [2.05, 4.69) is 5.32 Å². The van der Waals surface area contributed by atoms with Gasteiger partial charge in [0.05, 0.1) is 24.4 Å². The number of nitrogens with zero attached hydrogens (tertiary/aromatic N) is 1. The van der Waals surface area contributed by atoms with Gasteiger partial charge in [0.2, 0.25) is 5.91 Å². The molecular weight excluding hydrogens is 273 g/mol. The molecule has 1 atom stereocenters. The summed E-state index contributed by atoms with van der Waals surface area (Å²) in [7, 11) is 1.85. The molecule has 0 bridgehead atoms. The Morgan fingerprint density at radius 3 is 2.67 bits per heavy atom. The monoisotopic (exact) mass is 297 g/mol. The lowest BCUT2D eigenvalue weighted by molar-refractivity contribution is -0.120. The zero-order valence-electron chi connectivity index (χ0n) is 13.0. The molecular formula is C15H24FN3O2. The molecule has 1 aromatic rings. The van der Waals surface area contributed by atoms with E-state index in [4.69, 9.17) is 10.5 Å². The van der Waals surface area contributed by atoms with Crippen LogP contribution in [-0.4, -0.2) is 43.2 Å². The molecule has 0 saturated heterocycles. The van der Waals surface area contributed by atoms with Gasteiger partial charge in [-0.05, 0) is 46.0 Å².